The van der Waals surface area contributed by atoms with Crippen molar-refractivity contribution in [1.82, 2.24) is 5.43 Å². The zero-order valence-electron chi connectivity index (χ0n) is 10.3. The second-order valence-electron chi connectivity index (χ2n) is 4.31. The molecule has 2 aromatic carbocycles. The summed E-state index contributed by atoms with van der Waals surface area (Å²) in [5.41, 5.74) is 4.75. The first-order valence-electron chi connectivity index (χ1n) is 5.87. The van der Waals surface area contributed by atoms with Gasteiger partial charge in [0.15, 0.2) is 0 Å². The highest BCUT2D eigenvalue weighted by Gasteiger charge is 2.14. The maximum Gasteiger partial charge on any atom is 0.0624 e. The van der Waals surface area contributed by atoms with Crippen LogP contribution in [0.2, 0.25) is 15.1 Å². The van der Waals surface area contributed by atoms with Crippen LogP contribution >= 0.6 is 57.4 Å². The van der Waals surface area contributed by atoms with E-state index >= 15 is 0 Å². The molecule has 2 aromatic rings. The minimum absolute atomic E-state index is 0.0829. The maximum atomic E-state index is 6.21. The SMILES string of the molecule is NNC(Cc1cccc(Cl)c1Cl)c1ccc(I)c(Cl)c1. The van der Waals surface area contributed by atoms with Crippen molar-refractivity contribution in [2.24, 2.45) is 5.84 Å². The van der Waals surface area contributed by atoms with Gasteiger partial charge < -0.3 is 0 Å². The monoisotopic (exact) mass is 440 g/mol. The molecule has 1 atom stereocenters. The summed E-state index contributed by atoms with van der Waals surface area (Å²) in [6.07, 6.45) is 0.632. The van der Waals surface area contributed by atoms with E-state index in [0.717, 1.165) is 14.7 Å². The Kier molecular flexibility index (Phi) is 5.95. The Morgan fingerprint density at radius 1 is 1.10 bits per heavy atom. The van der Waals surface area contributed by atoms with Gasteiger partial charge in [0, 0.05) is 3.57 Å². The molecule has 3 N–H and O–H groups in total. The quantitative estimate of drug-likeness (QED) is 0.398. The van der Waals surface area contributed by atoms with Crippen LogP contribution < -0.4 is 11.3 Å². The minimum Gasteiger partial charge on any atom is -0.271 e. The molecular weight excluding hydrogens is 429 g/mol. The first kappa shape index (κ1) is 16.3. The predicted molar refractivity (Wildman–Crippen MR) is 94.4 cm³/mol. The Balaban J connectivity index is 2.28. The van der Waals surface area contributed by atoms with Crippen molar-refractivity contribution in [1.29, 1.82) is 0 Å². The van der Waals surface area contributed by atoms with E-state index in [2.05, 4.69) is 28.0 Å². The molecule has 1 unspecified atom stereocenters. The molecule has 0 aromatic heterocycles. The summed E-state index contributed by atoms with van der Waals surface area (Å²) in [4.78, 5) is 0. The van der Waals surface area contributed by atoms with Crippen LogP contribution in [0, 0.1) is 3.57 Å². The number of hydrazine groups is 1. The van der Waals surface area contributed by atoms with E-state index in [9.17, 15) is 0 Å². The van der Waals surface area contributed by atoms with Crippen molar-refractivity contribution >= 4 is 57.4 Å². The molecule has 20 heavy (non-hydrogen) atoms. The molecule has 0 aliphatic heterocycles. The smallest absolute Gasteiger partial charge is 0.0624 e. The Bertz CT molecular complexity index is 619. The Hall–Kier alpha value is -0.0400. The number of benzene rings is 2. The fourth-order valence-electron chi connectivity index (χ4n) is 1.93. The highest BCUT2D eigenvalue weighted by molar-refractivity contribution is 14.1. The van der Waals surface area contributed by atoms with Crippen LogP contribution in [-0.4, -0.2) is 0 Å². The summed E-state index contributed by atoms with van der Waals surface area (Å²) >= 11 is 20.6. The zero-order valence-corrected chi connectivity index (χ0v) is 14.8. The third-order valence-corrected chi connectivity index (χ3v) is 5.43. The van der Waals surface area contributed by atoms with Crippen LogP contribution in [-0.2, 0) is 6.42 Å². The number of rotatable bonds is 4. The lowest BCUT2D eigenvalue weighted by Crippen LogP contribution is -2.29. The van der Waals surface area contributed by atoms with Gasteiger partial charge in [0.05, 0.1) is 21.1 Å². The first-order valence-corrected chi connectivity index (χ1v) is 8.08. The van der Waals surface area contributed by atoms with E-state index in [1.165, 1.54) is 0 Å². The zero-order chi connectivity index (χ0) is 14.7. The average Bonchev–Trinajstić information content (AvgIpc) is 2.44. The minimum atomic E-state index is -0.0829. The molecule has 2 rings (SSSR count). The molecule has 0 aliphatic carbocycles. The highest BCUT2D eigenvalue weighted by Crippen LogP contribution is 2.30. The van der Waals surface area contributed by atoms with Gasteiger partial charge in [-0.05, 0) is 58.3 Å². The first-order chi connectivity index (χ1) is 9.52. The third-order valence-electron chi connectivity index (χ3n) is 3.00. The van der Waals surface area contributed by atoms with Gasteiger partial charge in [-0.25, -0.2) is 0 Å². The molecule has 0 saturated carbocycles. The summed E-state index contributed by atoms with van der Waals surface area (Å²) in [5, 5.41) is 1.81. The van der Waals surface area contributed by atoms with Crippen molar-refractivity contribution in [2.45, 2.75) is 12.5 Å². The summed E-state index contributed by atoms with van der Waals surface area (Å²) in [6, 6.07) is 11.4. The molecule has 2 nitrogen and oxygen atoms in total. The second kappa shape index (κ2) is 7.29. The molecule has 6 heteroatoms. The van der Waals surface area contributed by atoms with Gasteiger partial charge in [0.25, 0.3) is 0 Å². The number of hydrogen-bond donors (Lipinski definition) is 2. The van der Waals surface area contributed by atoms with E-state index in [1.807, 2.05) is 30.3 Å². The van der Waals surface area contributed by atoms with Gasteiger partial charge in [-0.3, -0.25) is 11.3 Å². The van der Waals surface area contributed by atoms with E-state index in [1.54, 1.807) is 6.07 Å². The van der Waals surface area contributed by atoms with Crippen molar-refractivity contribution in [3.05, 3.63) is 66.2 Å². The molecule has 0 radical (unpaired) electrons. The third kappa shape index (κ3) is 3.78. The van der Waals surface area contributed by atoms with Crippen LogP contribution in [0.1, 0.15) is 17.2 Å². The lowest BCUT2D eigenvalue weighted by atomic mass is 9.99. The number of hydrogen-bond acceptors (Lipinski definition) is 2. The Morgan fingerprint density at radius 2 is 1.85 bits per heavy atom. The fourth-order valence-corrected chi connectivity index (χ4v) is 2.85. The van der Waals surface area contributed by atoms with E-state index in [0.29, 0.717) is 21.5 Å². The molecule has 0 aliphatic rings. The fraction of sp³-hybridized carbons (Fsp3) is 0.143. The number of halogens is 4. The van der Waals surface area contributed by atoms with Crippen molar-refractivity contribution in [3.63, 3.8) is 0 Å². The van der Waals surface area contributed by atoms with Gasteiger partial charge in [-0.2, -0.15) is 0 Å². The molecule has 0 amide bonds. The van der Waals surface area contributed by atoms with Crippen LogP contribution in [0.3, 0.4) is 0 Å². The van der Waals surface area contributed by atoms with Crippen LogP contribution in [0.5, 0.6) is 0 Å². The van der Waals surface area contributed by atoms with Crippen molar-refractivity contribution < 1.29 is 0 Å². The summed E-state index contributed by atoms with van der Waals surface area (Å²) in [7, 11) is 0. The normalized spacial score (nSPS) is 12.4. The van der Waals surface area contributed by atoms with E-state index < -0.39 is 0 Å². The largest absolute Gasteiger partial charge is 0.271 e. The number of nitrogens with one attached hydrogen (secondary N) is 1. The second-order valence-corrected chi connectivity index (χ2v) is 6.66. The Morgan fingerprint density at radius 3 is 2.50 bits per heavy atom. The van der Waals surface area contributed by atoms with E-state index in [-0.39, 0.29) is 6.04 Å². The predicted octanol–water partition coefficient (Wildman–Crippen LogP) is 5.00. The van der Waals surface area contributed by atoms with Crippen molar-refractivity contribution in [3.8, 4) is 0 Å². The van der Waals surface area contributed by atoms with Gasteiger partial charge >= 0.3 is 0 Å². The molecule has 0 saturated heterocycles. The summed E-state index contributed by atoms with van der Waals surface area (Å²) in [6.45, 7) is 0. The topological polar surface area (TPSA) is 38.0 Å². The summed E-state index contributed by atoms with van der Waals surface area (Å²) < 4.78 is 1.00. The molecule has 0 bridgehead atoms. The molecule has 106 valence electrons. The molecule has 0 fully saturated rings. The average molecular weight is 442 g/mol. The van der Waals surface area contributed by atoms with Gasteiger partial charge in [0.1, 0.15) is 0 Å². The lowest BCUT2D eigenvalue weighted by Gasteiger charge is -2.18. The Labute approximate surface area is 146 Å². The maximum absolute atomic E-state index is 6.21. The molecular formula is C14H12Cl3IN2. The molecule has 0 heterocycles. The van der Waals surface area contributed by atoms with Gasteiger partial charge in [0.2, 0.25) is 0 Å². The van der Waals surface area contributed by atoms with Crippen LogP contribution in [0.15, 0.2) is 36.4 Å². The lowest BCUT2D eigenvalue weighted by molar-refractivity contribution is 0.552. The van der Waals surface area contributed by atoms with Crippen LogP contribution in [0.25, 0.3) is 0 Å². The van der Waals surface area contributed by atoms with Crippen molar-refractivity contribution in [2.75, 3.05) is 0 Å². The number of nitrogens with two attached hydrogens (primary N) is 1. The molecule has 0 spiro atoms. The summed E-state index contributed by atoms with van der Waals surface area (Å²) in [5.74, 6) is 5.66. The van der Waals surface area contributed by atoms with Crippen LogP contribution in [0.4, 0.5) is 0 Å². The van der Waals surface area contributed by atoms with E-state index in [4.69, 9.17) is 40.6 Å². The highest BCUT2D eigenvalue weighted by atomic mass is 127. The van der Waals surface area contributed by atoms with Gasteiger partial charge in [-0.1, -0.05) is 53.0 Å². The standard InChI is InChI=1S/C14H12Cl3IN2/c15-10-3-1-2-9(14(10)17)7-13(20-19)8-4-5-12(18)11(16)6-8/h1-6,13,20H,7,19H2. The van der Waals surface area contributed by atoms with Gasteiger partial charge in [-0.15, -0.1) is 0 Å².